The van der Waals surface area contributed by atoms with E-state index < -0.39 is 0 Å². The average molecular weight is 269 g/mol. The highest BCUT2D eigenvalue weighted by molar-refractivity contribution is 5.24. The molecule has 1 N–H and O–H groups in total. The first-order valence-electron chi connectivity index (χ1n) is 7.30. The smallest absolute Gasteiger partial charge is 0.123 e. The molecule has 0 radical (unpaired) electrons. The second kappa shape index (κ2) is 5.76. The van der Waals surface area contributed by atoms with Gasteiger partial charge in [0.05, 0.1) is 0 Å². The Kier molecular flexibility index (Phi) is 3.83. The van der Waals surface area contributed by atoms with E-state index in [1.165, 1.54) is 30.5 Å². The van der Waals surface area contributed by atoms with Crippen LogP contribution < -0.4 is 5.32 Å². The first-order chi connectivity index (χ1) is 9.74. The minimum absolute atomic E-state index is 0.178. The van der Waals surface area contributed by atoms with Crippen LogP contribution >= 0.6 is 0 Å². The van der Waals surface area contributed by atoms with Crippen LogP contribution in [-0.4, -0.2) is 0 Å². The van der Waals surface area contributed by atoms with Gasteiger partial charge in [-0.1, -0.05) is 42.5 Å². The predicted molar refractivity (Wildman–Crippen MR) is 79.9 cm³/mol. The number of halogens is 1. The van der Waals surface area contributed by atoms with E-state index in [1.807, 2.05) is 12.1 Å². The van der Waals surface area contributed by atoms with Crippen molar-refractivity contribution in [2.24, 2.45) is 5.92 Å². The normalized spacial score (nSPS) is 17.7. The van der Waals surface area contributed by atoms with Crippen LogP contribution in [0.2, 0.25) is 0 Å². The van der Waals surface area contributed by atoms with Crippen LogP contribution in [0.1, 0.15) is 43.0 Å². The van der Waals surface area contributed by atoms with E-state index >= 15 is 0 Å². The molecular weight excluding hydrogens is 249 g/mol. The molecule has 0 aromatic heterocycles. The minimum Gasteiger partial charge on any atom is -0.303 e. The molecule has 104 valence electrons. The summed E-state index contributed by atoms with van der Waals surface area (Å²) in [4.78, 5) is 0. The molecule has 0 heterocycles. The van der Waals surface area contributed by atoms with Crippen molar-refractivity contribution in [1.29, 1.82) is 0 Å². The molecule has 0 amide bonds. The molecule has 1 fully saturated rings. The van der Waals surface area contributed by atoms with E-state index in [-0.39, 0.29) is 11.9 Å². The molecule has 2 atom stereocenters. The quantitative estimate of drug-likeness (QED) is 0.834. The number of benzene rings is 2. The highest BCUT2D eigenvalue weighted by Gasteiger charge is 2.32. The summed E-state index contributed by atoms with van der Waals surface area (Å²) in [5, 5.41) is 3.71. The van der Waals surface area contributed by atoms with E-state index in [1.54, 1.807) is 0 Å². The second-order valence-electron chi connectivity index (χ2n) is 5.67. The first-order valence-corrected chi connectivity index (χ1v) is 7.30. The van der Waals surface area contributed by atoms with Crippen molar-refractivity contribution in [3.8, 4) is 0 Å². The van der Waals surface area contributed by atoms with Crippen molar-refractivity contribution in [2.75, 3.05) is 0 Å². The SMILES string of the molecule is CC(NC(c1ccccc1)C1CC1)c1ccc(F)cc1. The second-order valence-corrected chi connectivity index (χ2v) is 5.67. The van der Waals surface area contributed by atoms with Gasteiger partial charge < -0.3 is 5.32 Å². The van der Waals surface area contributed by atoms with Crippen LogP contribution in [-0.2, 0) is 0 Å². The van der Waals surface area contributed by atoms with Gasteiger partial charge in [-0.3, -0.25) is 0 Å². The molecule has 2 heteroatoms. The van der Waals surface area contributed by atoms with Crippen molar-refractivity contribution >= 4 is 0 Å². The monoisotopic (exact) mass is 269 g/mol. The maximum absolute atomic E-state index is 13.0. The molecule has 20 heavy (non-hydrogen) atoms. The third-order valence-electron chi connectivity index (χ3n) is 4.05. The van der Waals surface area contributed by atoms with Gasteiger partial charge in [-0.25, -0.2) is 4.39 Å². The number of rotatable bonds is 5. The van der Waals surface area contributed by atoms with Gasteiger partial charge in [-0.2, -0.15) is 0 Å². The summed E-state index contributed by atoms with van der Waals surface area (Å²) in [6.45, 7) is 2.14. The van der Waals surface area contributed by atoms with Gasteiger partial charge in [0.25, 0.3) is 0 Å². The van der Waals surface area contributed by atoms with Gasteiger partial charge in [-0.15, -0.1) is 0 Å². The van der Waals surface area contributed by atoms with E-state index in [9.17, 15) is 4.39 Å². The lowest BCUT2D eigenvalue weighted by Crippen LogP contribution is -2.26. The molecule has 0 bridgehead atoms. The Labute approximate surface area is 119 Å². The average Bonchev–Trinajstić information content (AvgIpc) is 3.31. The van der Waals surface area contributed by atoms with E-state index in [0.717, 1.165) is 11.5 Å². The highest BCUT2D eigenvalue weighted by Crippen LogP contribution is 2.42. The molecule has 0 saturated heterocycles. The fraction of sp³-hybridized carbons (Fsp3) is 0.333. The molecule has 3 rings (SSSR count). The lowest BCUT2D eigenvalue weighted by molar-refractivity contribution is 0.427. The zero-order chi connectivity index (χ0) is 13.9. The predicted octanol–water partition coefficient (Wildman–Crippen LogP) is 4.63. The van der Waals surface area contributed by atoms with Crippen LogP contribution in [0.3, 0.4) is 0 Å². The number of hydrogen-bond acceptors (Lipinski definition) is 1. The number of nitrogens with one attached hydrogen (secondary N) is 1. The van der Waals surface area contributed by atoms with E-state index in [4.69, 9.17) is 0 Å². The summed E-state index contributed by atoms with van der Waals surface area (Å²) < 4.78 is 13.0. The van der Waals surface area contributed by atoms with Crippen molar-refractivity contribution in [1.82, 2.24) is 5.32 Å². The van der Waals surface area contributed by atoms with Crippen LogP contribution in [0.25, 0.3) is 0 Å². The fourth-order valence-corrected chi connectivity index (χ4v) is 2.71. The summed E-state index contributed by atoms with van der Waals surface area (Å²) >= 11 is 0. The first kappa shape index (κ1) is 13.3. The summed E-state index contributed by atoms with van der Waals surface area (Å²) in [6, 6.07) is 18.0. The van der Waals surface area contributed by atoms with Gasteiger partial charge >= 0.3 is 0 Å². The summed E-state index contributed by atoms with van der Waals surface area (Å²) in [7, 11) is 0. The topological polar surface area (TPSA) is 12.0 Å². The Morgan fingerprint density at radius 1 is 0.950 bits per heavy atom. The Hall–Kier alpha value is -1.67. The summed E-state index contributed by atoms with van der Waals surface area (Å²) in [5.41, 5.74) is 2.48. The van der Waals surface area contributed by atoms with Crippen LogP contribution in [0.4, 0.5) is 4.39 Å². The standard InChI is InChI=1S/C18H20FN/c1-13(14-9-11-17(19)12-10-14)20-18(16-7-8-16)15-5-3-2-4-6-15/h2-6,9-13,16,18,20H,7-8H2,1H3. The fourth-order valence-electron chi connectivity index (χ4n) is 2.71. The molecule has 0 aliphatic heterocycles. The van der Waals surface area contributed by atoms with Crippen molar-refractivity contribution < 1.29 is 4.39 Å². The summed E-state index contributed by atoms with van der Waals surface area (Å²) in [6.07, 6.45) is 2.59. The molecule has 0 spiro atoms. The largest absolute Gasteiger partial charge is 0.303 e. The Morgan fingerprint density at radius 2 is 1.60 bits per heavy atom. The molecule has 2 unspecified atom stereocenters. The Bertz CT molecular complexity index is 545. The minimum atomic E-state index is -0.178. The maximum atomic E-state index is 13.0. The van der Waals surface area contributed by atoms with Crippen LogP contribution in [0.5, 0.6) is 0 Å². The van der Waals surface area contributed by atoms with Gasteiger partial charge in [0.1, 0.15) is 5.82 Å². The van der Waals surface area contributed by atoms with E-state index in [2.05, 4.69) is 42.6 Å². The van der Waals surface area contributed by atoms with Gasteiger partial charge in [0.2, 0.25) is 0 Å². The zero-order valence-electron chi connectivity index (χ0n) is 11.7. The highest BCUT2D eigenvalue weighted by atomic mass is 19.1. The van der Waals surface area contributed by atoms with Gasteiger partial charge in [0, 0.05) is 12.1 Å². The molecule has 2 aromatic rings. The summed E-state index contributed by atoms with van der Waals surface area (Å²) in [5.74, 6) is 0.558. The lowest BCUT2D eigenvalue weighted by atomic mass is 9.99. The molecule has 1 aliphatic rings. The molecule has 1 saturated carbocycles. The Balaban J connectivity index is 1.75. The zero-order valence-corrected chi connectivity index (χ0v) is 11.7. The van der Waals surface area contributed by atoms with Crippen LogP contribution in [0, 0.1) is 11.7 Å². The lowest BCUT2D eigenvalue weighted by Gasteiger charge is -2.24. The molecule has 2 aromatic carbocycles. The third-order valence-corrected chi connectivity index (χ3v) is 4.05. The number of hydrogen-bond donors (Lipinski definition) is 1. The maximum Gasteiger partial charge on any atom is 0.123 e. The van der Waals surface area contributed by atoms with Crippen molar-refractivity contribution in [2.45, 2.75) is 31.8 Å². The van der Waals surface area contributed by atoms with E-state index in [0.29, 0.717) is 6.04 Å². The van der Waals surface area contributed by atoms with Crippen LogP contribution in [0.15, 0.2) is 54.6 Å². The molecular formula is C18H20FN. The van der Waals surface area contributed by atoms with Crippen molar-refractivity contribution in [3.63, 3.8) is 0 Å². The Morgan fingerprint density at radius 3 is 2.20 bits per heavy atom. The molecule has 1 nitrogen and oxygen atoms in total. The van der Waals surface area contributed by atoms with Gasteiger partial charge in [0.15, 0.2) is 0 Å². The van der Waals surface area contributed by atoms with Crippen molar-refractivity contribution in [3.05, 3.63) is 71.5 Å². The van der Waals surface area contributed by atoms with Gasteiger partial charge in [-0.05, 0) is 48.9 Å². The molecule has 1 aliphatic carbocycles. The third kappa shape index (κ3) is 3.07.